The van der Waals surface area contributed by atoms with Crippen LogP contribution in [0.4, 0.5) is 0 Å². The second-order valence-corrected chi connectivity index (χ2v) is 5.92. The van der Waals surface area contributed by atoms with Gasteiger partial charge in [0.05, 0.1) is 0 Å². The zero-order valence-corrected chi connectivity index (χ0v) is 5.40. The van der Waals surface area contributed by atoms with Crippen LogP contribution in [0, 0.1) is 0 Å². The zero-order valence-electron chi connectivity index (χ0n) is 2.13. The van der Waals surface area contributed by atoms with Gasteiger partial charge in [0, 0.05) is 39.8 Å². The van der Waals surface area contributed by atoms with Crippen molar-refractivity contribution in [3.05, 3.63) is 0 Å². The third-order valence-electron chi connectivity index (χ3n) is 0.164. The molecule has 0 atom stereocenters. The molecule has 0 amide bonds. The maximum atomic E-state index is 2.98. The van der Waals surface area contributed by atoms with Gasteiger partial charge in [0.15, 0.2) is 0 Å². The monoisotopic (exact) mass is 143 g/mol. The molecule has 0 aliphatic carbocycles. The molecular formula is HNS4. The summed E-state index contributed by atoms with van der Waals surface area (Å²) in [5.41, 5.74) is 0. The maximum absolute atomic E-state index is 2.98. The van der Waals surface area contributed by atoms with Crippen LogP contribution in [-0.4, -0.2) is 3.76 Å². The third-order valence-corrected chi connectivity index (χ3v) is 5.92. The van der Waals surface area contributed by atoms with Gasteiger partial charge in [0.2, 0.25) is 0 Å². The van der Waals surface area contributed by atoms with Gasteiger partial charge in [-0.2, -0.15) is 0 Å². The fraction of sp³-hybridized carbons (Fsp3) is 0. The van der Waals surface area contributed by atoms with Gasteiger partial charge in [-0.3, -0.25) is 0 Å². The minimum Gasteiger partial charge on any atom is -0.247 e. The Bertz CT molecular complexity index is 60.1. The lowest BCUT2D eigenvalue weighted by Crippen LogP contribution is -1.18. The molecule has 0 spiro atoms. The van der Waals surface area contributed by atoms with E-state index in [1.165, 1.54) is 0 Å². The molecule has 5 heavy (non-hydrogen) atoms. The van der Waals surface area contributed by atoms with Crippen LogP contribution in [0.15, 0.2) is 0 Å². The standard InChI is InChI=1S/HNS4/c1-2-4-5-3-1/h1H. The molecule has 0 bridgehead atoms. The van der Waals surface area contributed by atoms with Gasteiger partial charge in [-0.05, 0) is 0 Å². The normalized spacial score (nSPS) is 8.00. The fourth-order valence-corrected chi connectivity index (χ4v) is 5.62. The van der Waals surface area contributed by atoms with Gasteiger partial charge >= 0.3 is 0 Å². The lowest BCUT2D eigenvalue weighted by molar-refractivity contribution is 1.92. The molecule has 1 aromatic heterocycles. The molecule has 1 aromatic rings. The Kier molecular flexibility index (Phi) is 1.52. The number of nitrogens with one attached hydrogen (secondary N) is 1. The Morgan fingerprint density at radius 3 is 1.80 bits per heavy atom. The van der Waals surface area contributed by atoms with E-state index in [9.17, 15) is 0 Å². The second kappa shape index (κ2) is 1.96. The second-order valence-electron chi connectivity index (χ2n) is 0.386. The number of rotatable bonds is 0. The van der Waals surface area contributed by atoms with E-state index in [4.69, 9.17) is 0 Å². The Labute approximate surface area is 43.7 Å². The number of aromatic amines is 1. The first-order valence-electron chi connectivity index (χ1n) is 0.908. The largest absolute Gasteiger partial charge is 0.247 e. The minimum absolute atomic E-state index is 1.67. The van der Waals surface area contributed by atoms with Crippen molar-refractivity contribution in [3.8, 4) is 0 Å². The highest BCUT2D eigenvalue weighted by Gasteiger charge is 1.60. The molecular weight excluding hydrogens is 142 g/mol. The molecule has 0 saturated heterocycles. The molecule has 0 aliphatic rings. The van der Waals surface area contributed by atoms with Gasteiger partial charge in [0.1, 0.15) is 0 Å². The number of aromatic nitrogens is 1. The molecule has 5 heteroatoms. The maximum Gasteiger partial charge on any atom is 0.0190 e. The summed E-state index contributed by atoms with van der Waals surface area (Å²) in [6, 6.07) is 0. The summed E-state index contributed by atoms with van der Waals surface area (Å²) in [6.45, 7) is 0. The van der Waals surface area contributed by atoms with Crippen molar-refractivity contribution >= 4 is 39.8 Å². The van der Waals surface area contributed by atoms with Crippen LogP contribution >= 0.6 is 39.8 Å². The Morgan fingerprint density at radius 2 is 1.60 bits per heavy atom. The first-order chi connectivity index (χ1) is 2.50. The molecule has 30 valence electrons. The van der Waals surface area contributed by atoms with Gasteiger partial charge in [-0.15, -0.1) is 0 Å². The highest BCUT2D eigenvalue weighted by Crippen LogP contribution is 2.13. The van der Waals surface area contributed by atoms with Crippen molar-refractivity contribution in [3.63, 3.8) is 0 Å². The average molecular weight is 143 g/mol. The van der Waals surface area contributed by atoms with E-state index < -0.39 is 0 Å². The van der Waals surface area contributed by atoms with Crippen molar-refractivity contribution in [2.24, 2.45) is 0 Å². The number of H-pyrrole nitrogens is 1. The summed E-state index contributed by atoms with van der Waals surface area (Å²) in [6.07, 6.45) is 0. The summed E-state index contributed by atoms with van der Waals surface area (Å²) in [5.74, 6) is 0. The summed E-state index contributed by atoms with van der Waals surface area (Å²) < 4.78 is 2.98. The SMILES string of the molecule is [nH]1ssss1. The number of hydrogen-bond acceptors (Lipinski definition) is 4. The van der Waals surface area contributed by atoms with Crippen LogP contribution in [0.3, 0.4) is 0 Å². The van der Waals surface area contributed by atoms with E-state index in [2.05, 4.69) is 3.76 Å². The predicted molar refractivity (Wildman–Crippen MR) is 29.9 cm³/mol. The van der Waals surface area contributed by atoms with E-state index in [1.807, 2.05) is 0 Å². The van der Waals surface area contributed by atoms with E-state index in [-0.39, 0.29) is 0 Å². The molecule has 1 heterocycles. The van der Waals surface area contributed by atoms with Crippen LogP contribution in [0.5, 0.6) is 0 Å². The van der Waals surface area contributed by atoms with E-state index in [0.29, 0.717) is 0 Å². The molecule has 0 aromatic carbocycles. The van der Waals surface area contributed by atoms with Crippen molar-refractivity contribution in [2.45, 2.75) is 0 Å². The van der Waals surface area contributed by atoms with E-state index in [1.54, 1.807) is 39.8 Å². The highest BCUT2D eigenvalue weighted by atomic mass is 33.4. The summed E-state index contributed by atoms with van der Waals surface area (Å²) in [5, 5.41) is 0. The van der Waals surface area contributed by atoms with Gasteiger partial charge in [0.25, 0.3) is 0 Å². The van der Waals surface area contributed by atoms with Gasteiger partial charge < -0.3 is 0 Å². The minimum atomic E-state index is 1.67. The molecule has 0 aliphatic heterocycles. The highest BCUT2D eigenvalue weighted by molar-refractivity contribution is 8.08. The molecule has 0 saturated carbocycles. The van der Waals surface area contributed by atoms with Crippen LogP contribution in [-0.2, 0) is 0 Å². The Morgan fingerprint density at radius 1 is 1.00 bits per heavy atom. The molecule has 1 N–H and O–H groups in total. The summed E-state index contributed by atoms with van der Waals surface area (Å²) >= 11 is 0. The first kappa shape index (κ1) is 3.86. The third kappa shape index (κ3) is 1.04. The molecule has 0 unspecified atom stereocenters. The summed E-state index contributed by atoms with van der Waals surface area (Å²) in [4.78, 5) is 0. The quantitative estimate of drug-likeness (QED) is 0.537. The van der Waals surface area contributed by atoms with Crippen molar-refractivity contribution in [1.82, 2.24) is 3.76 Å². The van der Waals surface area contributed by atoms with Crippen LogP contribution in [0.2, 0.25) is 0 Å². The molecule has 0 radical (unpaired) electrons. The summed E-state index contributed by atoms with van der Waals surface area (Å²) in [7, 11) is 6.85. The van der Waals surface area contributed by atoms with Crippen LogP contribution < -0.4 is 0 Å². The Balaban J connectivity index is 3.13. The molecule has 1 rings (SSSR count). The van der Waals surface area contributed by atoms with Crippen molar-refractivity contribution < 1.29 is 0 Å². The average Bonchev–Trinajstić information content (AvgIpc) is 1.76. The number of hydrogen-bond donors (Lipinski definition) is 1. The smallest absolute Gasteiger partial charge is 0.0190 e. The lowest BCUT2D eigenvalue weighted by Gasteiger charge is -1.42. The molecule has 1 nitrogen and oxygen atoms in total. The fourth-order valence-electron chi connectivity index (χ4n) is 0.0694. The van der Waals surface area contributed by atoms with E-state index >= 15 is 0 Å². The van der Waals surface area contributed by atoms with Crippen molar-refractivity contribution in [1.29, 1.82) is 0 Å². The Hall–Kier alpha value is 0.680. The predicted octanol–water partition coefficient (Wildman–Crippen LogP) is 2.39. The van der Waals surface area contributed by atoms with Gasteiger partial charge in [-0.1, -0.05) is 0 Å². The van der Waals surface area contributed by atoms with Crippen LogP contribution in [0.25, 0.3) is 0 Å². The molecule has 0 fully saturated rings. The lowest BCUT2D eigenvalue weighted by atomic mass is 13.9. The van der Waals surface area contributed by atoms with Crippen molar-refractivity contribution in [2.75, 3.05) is 0 Å². The zero-order chi connectivity index (χ0) is 3.54. The van der Waals surface area contributed by atoms with E-state index in [0.717, 1.165) is 0 Å². The van der Waals surface area contributed by atoms with Crippen LogP contribution in [0.1, 0.15) is 0 Å². The van der Waals surface area contributed by atoms with Gasteiger partial charge in [-0.25, -0.2) is 3.76 Å². The topological polar surface area (TPSA) is 15.8 Å². The first-order valence-corrected chi connectivity index (χ1v) is 5.72.